The van der Waals surface area contributed by atoms with E-state index in [4.69, 9.17) is 5.11 Å². The van der Waals surface area contributed by atoms with Gasteiger partial charge < -0.3 is 15.7 Å². The maximum atomic E-state index is 12.6. The predicted molar refractivity (Wildman–Crippen MR) is 109 cm³/mol. The van der Waals surface area contributed by atoms with Gasteiger partial charge in [-0.2, -0.15) is 0 Å². The number of carboxylic acids is 1. The predicted octanol–water partition coefficient (Wildman–Crippen LogP) is 2.35. The zero-order chi connectivity index (χ0) is 20.6. The summed E-state index contributed by atoms with van der Waals surface area (Å²) in [6.07, 6.45) is 1.63. The monoisotopic (exact) mass is 395 g/mol. The van der Waals surface area contributed by atoms with Crippen molar-refractivity contribution in [2.24, 2.45) is 5.92 Å². The lowest BCUT2D eigenvalue weighted by Gasteiger charge is -2.31. The van der Waals surface area contributed by atoms with Gasteiger partial charge in [-0.1, -0.05) is 30.3 Å². The molecule has 0 bridgehead atoms. The lowest BCUT2D eigenvalue weighted by molar-refractivity contribution is -0.135. The SMILES string of the molecule is O=C(O)CNC(=O)c1ccc(NC(=O)C2CCN(Cc3ccccc3)CC2)cc1. The lowest BCUT2D eigenvalue weighted by atomic mass is 9.95. The number of hydrogen-bond acceptors (Lipinski definition) is 4. The highest BCUT2D eigenvalue weighted by molar-refractivity contribution is 5.97. The highest BCUT2D eigenvalue weighted by Gasteiger charge is 2.25. The molecule has 3 N–H and O–H groups in total. The molecule has 7 heteroatoms. The minimum atomic E-state index is -1.10. The van der Waals surface area contributed by atoms with Gasteiger partial charge in [0.15, 0.2) is 0 Å². The molecule has 1 saturated heterocycles. The van der Waals surface area contributed by atoms with Crippen molar-refractivity contribution < 1.29 is 19.5 Å². The molecule has 1 heterocycles. The number of carbonyl (C=O) groups is 3. The summed E-state index contributed by atoms with van der Waals surface area (Å²) in [5, 5.41) is 13.8. The fourth-order valence-electron chi connectivity index (χ4n) is 3.40. The summed E-state index contributed by atoms with van der Waals surface area (Å²) in [4.78, 5) is 37.3. The van der Waals surface area contributed by atoms with Crippen LogP contribution in [-0.4, -0.2) is 47.4 Å². The van der Waals surface area contributed by atoms with Gasteiger partial charge in [-0.15, -0.1) is 0 Å². The number of piperidine rings is 1. The number of nitrogens with one attached hydrogen (secondary N) is 2. The first kappa shape index (κ1) is 20.5. The summed E-state index contributed by atoms with van der Waals surface area (Å²) < 4.78 is 0. The fourth-order valence-corrected chi connectivity index (χ4v) is 3.40. The van der Waals surface area contributed by atoms with E-state index in [0.29, 0.717) is 11.3 Å². The van der Waals surface area contributed by atoms with Gasteiger partial charge in [-0.3, -0.25) is 19.3 Å². The number of carbonyl (C=O) groups excluding carboxylic acids is 2. The smallest absolute Gasteiger partial charge is 0.322 e. The standard InChI is InChI=1S/C22H25N3O4/c26-20(27)14-23-21(28)17-6-8-19(9-7-17)24-22(29)18-10-12-25(13-11-18)15-16-4-2-1-3-5-16/h1-9,18H,10-15H2,(H,23,28)(H,24,29)(H,26,27). The number of carboxylic acid groups (broad SMARTS) is 1. The number of anilines is 1. The highest BCUT2D eigenvalue weighted by Crippen LogP contribution is 2.21. The van der Waals surface area contributed by atoms with Crippen molar-refractivity contribution in [3.05, 3.63) is 65.7 Å². The molecule has 29 heavy (non-hydrogen) atoms. The van der Waals surface area contributed by atoms with Crippen LogP contribution in [0.25, 0.3) is 0 Å². The van der Waals surface area contributed by atoms with E-state index in [-0.39, 0.29) is 11.8 Å². The van der Waals surface area contributed by atoms with Crippen LogP contribution in [0.15, 0.2) is 54.6 Å². The van der Waals surface area contributed by atoms with Crippen LogP contribution in [0, 0.1) is 5.92 Å². The molecular weight excluding hydrogens is 370 g/mol. The maximum Gasteiger partial charge on any atom is 0.322 e. The van der Waals surface area contributed by atoms with Gasteiger partial charge in [0.25, 0.3) is 5.91 Å². The first-order valence-corrected chi connectivity index (χ1v) is 9.68. The molecule has 1 aliphatic heterocycles. The van der Waals surface area contributed by atoms with Gasteiger partial charge in [0.05, 0.1) is 0 Å². The summed E-state index contributed by atoms with van der Waals surface area (Å²) in [5.74, 6) is -1.60. The van der Waals surface area contributed by atoms with Crippen LogP contribution in [0.2, 0.25) is 0 Å². The maximum absolute atomic E-state index is 12.6. The van der Waals surface area contributed by atoms with Gasteiger partial charge in [0, 0.05) is 23.7 Å². The van der Waals surface area contributed by atoms with E-state index in [2.05, 4.69) is 27.7 Å². The Labute approximate surface area is 169 Å². The third kappa shape index (κ3) is 6.15. The van der Waals surface area contributed by atoms with E-state index in [0.717, 1.165) is 32.5 Å². The molecule has 2 aromatic carbocycles. The van der Waals surface area contributed by atoms with Crippen molar-refractivity contribution >= 4 is 23.5 Å². The largest absolute Gasteiger partial charge is 0.480 e. The molecule has 0 radical (unpaired) electrons. The summed E-state index contributed by atoms with van der Waals surface area (Å²) in [6, 6.07) is 16.7. The molecule has 0 unspecified atom stereocenters. The van der Waals surface area contributed by atoms with Crippen molar-refractivity contribution in [3.63, 3.8) is 0 Å². The summed E-state index contributed by atoms with van der Waals surface area (Å²) >= 11 is 0. The number of likely N-dealkylation sites (tertiary alicyclic amines) is 1. The number of rotatable bonds is 7. The van der Waals surface area contributed by atoms with Gasteiger partial charge >= 0.3 is 5.97 Å². The minimum Gasteiger partial charge on any atom is -0.480 e. The second-order valence-corrected chi connectivity index (χ2v) is 7.18. The molecule has 152 valence electrons. The molecule has 1 aliphatic rings. The van der Waals surface area contributed by atoms with Crippen LogP contribution in [-0.2, 0) is 16.1 Å². The number of aliphatic carboxylic acids is 1. The molecule has 0 spiro atoms. The van der Waals surface area contributed by atoms with Crippen LogP contribution in [0.3, 0.4) is 0 Å². The van der Waals surface area contributed by atoms with Crippen molar-refractivity contribution in [1.82, 2.24) is 10.2 Å². The molecule has 2 aromatic rings. The highest BCUT2D eigenvalue weighted by atomic mass is 16.4. The quantitative estimate of drug-likeness (QED) is 0.668. The van der Waals surface area contributed by atoms with Crippen molar-refractivity contribution in [3.8, 4) is 0 Å². The van der Waals surface area contributed by atoms with Crippen molar-refractivity contribution in [2.75, 3.05) is 25.0 Å². The summed E-state index contributed by atoms with van der Waals surface area (Å²) in [5.41, 5.74) is 2.25. The molecule has 7 nitrogen and oxygen atoms in total. The summed E-state index contributed by atoms with van der Waals surface area (Å²) in [7, 11) is 0. The third-order valence-corrected chi connectivity index (χ3v) is 5.02. The van der Waals surface area contributed by atoms with Crippen LogP contribution in [0.4, 0.5) is 5.69 Å². The van der Waals surface area contributed by atoms with Gasteiger partial charge in [0.2, 0.25) is 5.91 Å². The fraction of sp³-hybridized carbons (Fsp3) is 0.318. The number of benzene rings is 2. The summed E-state index contributed by atoms with van der Waals surface area (Å²) in [6.45, 7) is 2.24. The molecule has 2 amide bonds. The normalized spacial score (nSPS) is 14.9. The average Bonchev–Trinajstić information content (AvgIpc) is 2.74. The van der Waals surface area contributed by atoms with Crippen LogP contribution in [0.1, 0.15) is 28.8 Å². The zero-order valence-corrected chi connectivity index (χ0v) is 16.1. The first-order valence-electron chi connectivity index (χ1n) is 9.68. The molecule has 0 aromatic heterocycles. The van der Waals surface area contributed by atoms with E-state index in [1.165, 1.54) is 5.56 Å². The van der Waals surface area contributed by atoms with E-state index < -0.39 is 18.4 Å². The van der Waals surface area contributed by atoms with Gasteiger partial charge in [-0.05, 0) is 55.8 Å². The van der Waals surface area contributed by atoms with E-state index in [9.17, 15) is 14.4 Å². The Morgan fingerprint density at radius 3 is 2.24 bits per heavy atom. The Hall–Kier alpha value is -3.19. The number of hydrogen-bond donors (Lipinski definition) is 3. The van der Waals surface area contributed by atoms with Crippen molar-refractivity contribution in [2.45, 2.75) is 19.4 Å². The molecule has 0 atom stereocenters. The van der Waals surface area contributed by atoms with E-state index in [1.54, 1.807) is 24.3 Å². The van der Waals surface area contributed by atoms with Gasteiger partial charge in [-0.25, -0.2) is 0 Å². The number of amides is 2. The van der Waals surface area contributed by atoms with Crippen LogP contribution in [0.5, 0.6) is 0 Å². The Morgan fingerprint density at radius 1 is 0.966 bits per heavy atom. The topological polar surface area (TPSA) is 98.7 Å². The Morgan fingerprint density at radius 2 is 1.62 bits per heavy atom. The zero-order valence-electron chi connectivity index (χ0n) is 16.1. The van der Waals surface area contributed by atoms with Gasteiger partial charge in [0.1, 0.15) is 6.54 Å². The molecule has 0 aliphatic carbocycles. The lowest BCUT2D eigenvalue weighted by Crippen LogP contribution is -2.37. The molecule has 0 saturated carbocycles. The Kier molecular flexibility index (Phi) is 6.97. The Balaban J connectivity index is 1.46. The average molecular weight is 395 g/mol. The second kappa shape index (κ2) is 9.84. The second-order valence-electron chi connectivity index (χ2n) is 7.18. The van der Waals surface area contributed by atoms with Crippen molar-refractivity contribution in [1.29, 1.82) is 0 Å². The van der Waals surface area contributed by atoms with E-state index in [1.807, 2.05) is 18.2 Å². The molecule has 3 rings (SSSR count). The molecular formula is C22H25N3O4. The van der Waals surface area contributed by atoms with Crippen LogP contribution < -0.4 is 10.6 Å². The Bertz CT molecular complexity index is 844. The first-order chi connectivity index (χ1) is 14.0. The third-order valence-electron chi connectivity index (χ3n) is 5.02. The number of nitrogens with zero attached hydrogens (tertiary/aromatic N) is 1. The minimum absolute atomic E-state index is 0.00700. The molecule has 1 fully saturated rings. The van der Waals surface area contributed by atoms with E-state index >= 15 is 0 Å². The van der Waals surface area contributed by atoms with Crippen LogP contribution >= 0.6 is 0 Å².